The summed E-state index contributed by atoms with van der Waals surface area (Å²) in [4.78, 5) is 27.4. The van der Waals surface area contributed by atoms with Crippen LogP contribution in [0.2, 0.25) is 0 Å². The number of H-pyrrole nitrogens is 2. The minimum Gasteiger partial charge on any atom is -0.348 e. The van der Waals surface area contributed by atoms with Crippen molar-refractivity contribution in [3.05, 3.63) is 38.7 Å². The summed E-state index contributed by atoms with van der Waals surface area (Å²) in [6.07, 6.45) is 5.11. The highest BCUT2D eigenvalue weighted by molar-refractivity contribution is 7.10. The molecular formula is C14H18N4O2S. The number of carbonyl (C=O) groups excluding carboxylic acids is 1. The maximum Gasteiger partial charge on any atom is 0.340 e. The van der Waals surface area contributed by atoms with Crippen molar-refractivity contribution in [3.8, 4) is 0 Å². The number of nitrogens with zero attached hydrogens (tertiary/aromatic N) is 1. The van der Waals surface area contributed by atoms with Crippen molar-refractivity contribution < 1.29 is 4.79 Å². The number of thiophene rings is 1. The Morgan fingerprint density at radius 2 is 2.19 bits per heavy atom. The Labute approximate surface area is 126 Å². The first-order chi connectivity index (χ1) is 10.2. The number of nitrogens with one attached hydrogen (secondary N) is 3. The minimum atomic E-state index is -0.414. The second-order valence-electron chi connectivity index (χ2n) is 5.43. The van der Waals surface area contributed by atoms with Gasteiger partial charge in [0, 0.05) is 4.88 Å². The van der Waals surface area contributed by atoms with Crippen molar-refractivity contribution in [2.45, 2.75) is 44.1 Å². The monoisotopic (exact) mass is 306 g/mol. The molecule has 2 aromatic heterocycles. The fraction of sp³-hybridized carbons (Fsp3) is 0.500. The normalized spacial score (nSPS) is 17.5. The Bertz CT molecular complexity index is 653. The topological polar surface area (TPSA) is 90.6 Å². The molecule has 1 aliphatic rings. The first-order valence-electron chi connectivity index (χ1n) is 7.16. The summed E-state index contributed by atoms with van der Waals surface area (Å²) in [5.41, 5.74) is -0.770. The van der Waals surface area contributed by atoms with Gasteiger partial charge in [0.15, 0.2) is 0 Å². The smallest absolute Gasteiger partial charge is 0.340 e. The van der Waals surface area contributed by atoms with Gasteiger partial charge in [0.1, 0.15) is 5.82 Å². The molecule has 0 bridgehead atoms. The van der Waals surface area contributed by atoms with Gasteiger partial charge in [-0.1, -0.05) is 25.3 Å². The molecule has 1 saturated carbocycles. The van der Waals surface area contributed by atoms with E-state index in [-0.39, 0.29) is 18.1 Å². The predicted octanol–water partition coefficient (Wildman–Crippen LogP) is 1.68. The van der Waals surface area contributed by atoms with Gasteiger partial charge in [-0.05, 0) is 24.3 Å². The molecule has 0 saturated heterocycles. The molecule has 1 fully saturated rings. The number of amides is 1. The molecule has 0 radical (unpaired) electrons. The van der Waals surface area contributed by atoms with Crippen LogP contribution in [0, 0.1) is 0 Å². The molecule has 0 atom stereocenters. The van der Waals surface area contributed by atoms with Crippen LogP contribution in [0.25, 0.3) is 0 Å². The van der Waals surface area contributed by atoms with E-state index in [1.165, 1.54) is 6.42 Å². The van der Waals surface area contributed by atoms with Crippen LogP contribution in [0.5, 0.6) is 0 Å². The van der Waals surface area contributed by atoms with E-state index < -0.39 is 5.41 Å². The zero-order chi connectivity index (χ0) is 14.7. The SMILES string of the molecule is O=C(NCc1n[nH]c(=O)[nH]1)C1(c2cccs2)CCCCC1. The second kappa shape index (κ2) is 5.85. The van der Waals surface area contributed by atoms with Crippen molar-refractivity contribution >= 4 is 17.2 Å². The fourth-order valence-corrected chi connectivity index (χ4v) is 4.00. The van der Waals surface area contributed by atoms with E-state index in [4.69, 9.17) is 0 Å². The van der Waals surface area contributed by atoms with Crippen LogP contribution in [0.1, 0.15) is 42.8 Å². The van der Waals surface area contributed by atoms with Gasteiger partial charge in [0.2, 0.25) is 5.91 Å². The molecule has 2 aromatic rings. The average molecular weight is 306 g/mol. The van der Waals surface area contributed by atoms with Gasteiger partial charge in [0.05, 0.1) is 12.0 Å². The number of aromatic amines is 2. The Hall–Kier alpha value is -1.89. The van der Waals surface area contributed by atoms with E-state index >= 15 is 0 Å². The number of aromatic nitrogens is 3. The third-order valence-electron chi connectivity index (χ3n) is 4.10. The van der Waals surface area contributed by atoms with Crippen LogP contribution >= 0.6 is 11.3 Å². The maximum absolute atomic E-state index is 12.8. The van der Waals surface area contributed by atoms with Gasteiger partial charge in [-0.2, -0.15) is 5.10 Å². The maximum atomic E-state index is 12.8. The highest BCUT2D eigenvalue weighted by Crippen LogP contribution is 2.41. The largest absolute Gasteiger partial charge is 0.348 e. The van der Waals surface area contributed by atoms with Crippen LogP contribution < -0.4 is 11.0 Å². The van der Waals surface area contributed by atoms with Gasteiger partial charge in [-0.25, -0.2) is 9.89 Å². The summed E-state index contributed by atoms with van der Waals surface area (Å²) < 4.78 is 0. The molecule has 0 spiro atoms. The molecule has 21 heavy (non-hydrogen) atoms. The molecule has 112 valence electrons. The summed E-state index contributed by atoms with van der Waals surface area (Å²) in [5, 5.41) is 11.1. The highest BCUT2D eigenvalue weighted by atomic mass is 32.1. The summed E-state index contributed by atoms with van der Waals surface area (Å²) in [7, 11) is 0. The fourth-order valence-electron chi connectivity index (χ4n) is 3.01. The first-order valence-corrected chi connectivity index (χ1v) is 8.04. The summed E-state index contributed by atoms with van der Waals surface area (Å²) in [6.45, 7) is 0.241. The summed E-state index contributed by atoms with van der Waals surface area (Å²) in [6, 6.07) is 4.04. The molecular weight excluding hydrogens is 288 g/mol. The first kappa shape index (κ1) is 14.1. The zero-order valence-corrected chi connectivity index (χ0v) is 12.5. The highest BCUT2D eigenvalue weighted by Gasteiger charge is 2.41. The molecule has 0 unspecified atom stereocenters. The molecule has 2 heterocycles. The van der Waals surface area contributed by atoms with Crippen LogP contribution in [0.4, 0.5) is 0 Å². The lowest BCUT2D eigenvalue weighted by Crippen LogP contribution is -2.45. The summed E-state index contributed by atoms with van der Waals surface area (Å²) >= 11 is 1.64. The minimum absolute atomic E-state index is 0.0356. The van der Waals surface area contributed by atoms with Gasteiger partial charge in [-0.15, -0.1) is 11.3 Å². The van der Waals surface area contributed by atoms with Crippen LogP contribution in [0.15, 0.2) is 22.3 Å². The van der Waals surface area contributed by atoms with Gasteiger partial charge < -0.3 is 5.32 Å². The lowest BCUT2D eigenvalue weighted by molar-refractivity contribution is -0.128. The van der Waals surface area contributed by atoms with Gasteiger partial charge >= 0.3 is 5.69 Å². The van der Waals surface area contributed by atoms with E-state index in [1.807, 2.05) is 17.5 Å². The molecule has 0 aliphatic heterocycles. The van der Waals surface area contributed by atoms with Crippen molar-refractivity contribution in [2.75, 3.05) is 0 Å². The van der Waals surface area contributed by atoms with Crippen molar-refractivity contribution in [1.82, 2.24) is 20.5 Å². The van der Waals surface area contributed by atoms with Crippen LogP contribution in [0.3, 0.4) is 0 Å². The molecule has 3 N–H and O–H groups in total. The summed E-state index contributed by atoms with van der Waals surface area (Å²) in [5.74, 6) is 0.485. The van der Waals surface area contributed by atoms with Crippen LogP contribution in [-0.2, 0) is 16.8 Å². The Morgan fingerprint density at radius 1 is 1.38 bits per heavy atom. The number of hydrogen-bond acceptors (Lipinski definition) is 4. The third kappa shape index (κ3) is 2.78. The van der Waals surface area contributed by atoms with Crippen molar-refractivity contribution in [1.29, 1.82) is 0 Å². The Kier molecular flexibility index (Phi) is 3.92. The van der Waals surface area contributed by atoms with E-state index in [2.05, 4.69) is 20.5 Å². The zero-order valence-electron chi connectivity index (χ0n) is 11.6. The van der Waals surface area contributed by atoms with E-state index in [9.17, 15) is 9.59 Å². The quantitative estimate of drug-likeness (QED) is 0.802. The molecule has 1 amide bonds. The lowest BCUT2D eigenvalue weighted by atomic mass is 9.72. The van der Waals surface area contributed by atoms with Gasteiger partial charge in [0.25, 0.3) is 0 Å². The van der Waals surface area contributed by atoms with E-state index in [0.717, 1.165) is 30.6 Å². The number of carbonyl (C=O) groups is 1. The molecule has 0 aromatic carbocycles. The van der Waals surface area contributed by atoms with Crippen molar-refractivity contribution in [2.24, 2.45) is 0 Å². The number of rotatable bonds is 4. The Balaban J connectivity index is 1.76. The molecule has 3 rings (SSSR count). The second-order valence-corrected chi connectivity index (χ2v) is 6.37. The van der Waals surface area contributed by atoms with Crippen LogP contribution in [-0.4, -0.2) is 21.1 Å². The van der Waals surface area contributed by atoms with E-state index in [1.54, 1.807) is 11.3 Å². The third-order valence-corrected chi connectivity index (χ3v) is 5.18. The molecule has 7 heteroatoms. The Morgan fingerprint density at radius 3 is 2.81 bits per heavy atom. The number of hydrogen-bond donors (Lipinski definition) is 3. The molecule has 6 nitrogen and oxygen atoms in total. The predicted molar refractivity (Wildman–Crippen MR) is 80.1 cm³/mol. The van der Waals surface area contributed by atoms with E-state index in [0.29, 0.717) is 5.82 Å². The van der Waals surface area contributed by atoms with Crippen molar-refractivity contribution in [3.63, 3.8) is 0 Å². The lowest BCUT2D eigenvalue weighted by Gasteiger charge is -2.35. The standard InChI is InChI=1S/C14H18N4O2S/c19-12(15-9-11-16-13(20)18-17-11)14(6-2-1-3-7-14)10-5-4-8-21-10/h4-5,8H,1-3,6-7,9H2,(H,15,19)(H2,16,17,18,20). The average Bonchev–Trinajstić information content (AvgIpc) is 3.17. The van der Waals surface area contributed by atoms with Gasteiger partial charge in [-0.3, -0.25) is 9.78 Å². The molecule has 1 aliphatic carbocycles.